The van der Waals surface area contributed by atoms with Crippen molar-refractivity contribution in [1.29, 1.82) is 0 Å². The molecule has 0 radical (unpaired) electrons. The summed E-state index contributed by atoms with van der Waals surface area (Å²) in [6, 6.07) is 0. The second-order valence-corrected chi connectivity index (χ2v) is 8.07. The Bertz CT molecular complexity index is 286. The van der Waals surface area contributed by atoms with Crippen molar-refractivity contribution in [3.63, 3.8) is 0 Å². The molecule has 0 aliphatic heterocycles. The lowest BCUT2D eigenvalue weighted by atomic mass is 9.78. The molecule has 0 heterocycles. The first kappa shape index (κ1) is 23.1. The van der Waals surface area contributed by atoms with Gasteiger partial charge in [0.1, 0.15) is 0 Å². The molecule has 0 atom stereocenters. The van der Waals surface area contributed by atoms with Crippen LogP contribution in [0.25, 0.3) is 0 Å². The molecule has 0 aromatic carbocycles. The van der Waals surface area contributed by atoms with E-state index in [1.807, 2.05) is 0 Å². The molecule has 0 spiro atoms. The Morgan fingerprint density at radius 2 is 0.885 bits per heavy atom. The van der Waals surface area contributed by atoms with Crippen LogP contribution in [0.15, 0.2) is 25.7 Å². The molecular weight excluding hydrogens is 320 g/mol. The summed E-state index contributed by atoms with van der Waals surface area (Å²) >= 11 is 0. The van der Waals surface area contributed by atoms with Gasteiger partial charge < -0.3 is 9.47 Å². The summed E-state index contributed by atoms with van der Waals surface area (Å²) in [4.78, 5) is 0. The Morgan fingerprint density at radius 3 is 1.27 bits per heavy atom. The van der Waals surface area contributed by atoms with E-state index in [0.717, 1.165) is 25.0 Å². The molecule has 2 heteroatoms. The third-order valence-corrected chi connectivity index (χ3v) is 5.95. The first-order chi connectivity index (χ1) is 12.9. The first-order valence-corrected chi connectivity index (χ1v) is 11.3. The van der Waals surface area contributed by atoms with Crippen molar-refractivity contribution >= 4 is 0 Å². The minimum Gasteiger partial charge on any atom is -0.502 e. The van der Waals surface area contributed by atoms with E-state index in [1.165, 1.54) is 103 Å². The maximum atomic E-state index is 5.16. The van der Waals surface area contributed by atoms with Crippen molar-refractivity contribution < 1.29 is 9.47 Å². The first-order valence-electron chi connectivity index (χ1n) is 11.3. The lowest BCUT2D eigenvalue weighted by molar-refractivity contribution is 0.235. The highest BCUT2D eigenvalue weighted by Crippen LogP contribution is 2.34. The summed E-state index contributed by atoms with van der Waals surface area (Å²) in [5.41, 5.74) is 0. The van der Waals surface area contributed by atoms with Crippen LogP contribution in [-0.4, -0.2) is 13.2 Å². The summed E-state index contributed by atoms with van der Waals surface area (Å²) in [6.45, 7) is 8.83. The molecule has 2 nitrogen and oxygen atoms in total. The Hall–Kier alpha value is -0.920. The van der Waals surface area contributed by atoms with Gasteiger partial charge >= 0.3 is 0 Å². The second kappa shape index (κ2) is 17.5. The van der Waals surface area contributed by atoms with Crippen LogP contribution in [0.3, 0.4) is 0 Å². The van der Waals surface area contributed by atoms with Crippen molar-refractivity contribution in [3.05, 3.63) is 25.7 Å². The minimum atomic E-state index is 0.844. The van der Waals surface area contributed by atoms with E-state index in [2.05, 4.69) is 13.2 Å². The number of ether oxygens (including phenoxy) is 2. The summed E-state index contributed by atoms with van der Waals surface area (Å²) in [5.74, 6) is 2.06. The number of rotatable bonds is 18. The van der Waals surface area contributed by atoms with Crippen LogP contribution in [-0.2, 0) is 9.47 Å². The van der Waals surface area contributed by atoms with Crippen molar-refractivity contribution in [3.8, 4) is 0 Å². The van der Waals surface area contributed by atoms with Crippen LogP contribution in [0.2, 0.25) is 0 Å². The smallest absolute Gasteiger partial charge is 0.0873 e. The summed E-state index contributed by atoms with van der Waals surface area (Å²) in [7, 11) is 0. The molecule has 0 aromatic heterocycles. The fraction of sp³-hybridized carbons (Fsp3) is 0.833. The van der Waals surface area contributed by atoms with Crippen LogP contribution in [0, 0.1) is 11.8 Å². The highest BCUT2D eigenvalue weighted by atomic mass is 16.5. The molecule has 0 bridgehead atoms. The molecule has 0 unspecified atom stereocenters. The monoisotopic (exact) mass is 364 g/mol. The van der Waals surface area contributed by atoms with E-state index in [-0.39, 0.29) is 0 Å². The summed E-state index contributed by atoms with van der Waals surface area (Å²) in [6.07, 6.45) is 25.5. The fourth-order valence-corrected chi connectivity index (χ4v) is 4.27. The molecule has 1 saturated carbocycles. The lowest BCUT2D eigenvalue weighted by Crippen LogP contribution is -2.14. The highest BCUT2D eigenvalue weighted by molar-refractivity contribution is 4.73. The van der Waals surface area contributed by atoms with Gasteiger partial charge in [-0.15, -0.1) is 0 Å². The number of hydrogen-bond donors (Lipinski definition) is 0. The van der Waals surface area contributed by atoms with Crippen LogP contribution in [0.4, 0.5) is 0 Å². The van der Waals surface area contributed by atoms with E-state index >= 15 is 0 Å². The largest absolute Gasteiger partial charge is 0.502 e. The van der Waals surface area contributed by atoms with Gasteiger partial charge in [-0.25, -0.2) is 0 Å². The molecule has 26 heavy (non-hydrogen) atoms. The predicted molar refractivity (Wildman–Crippen MR) is 113 cm³/mol. The van der Waals surface area contributed by atoms with Gasteiger partial charge in [0.2, 0.25) is 0 Å². The molecule has 1 fully saturated rings. The predicted octanol–water partition coefficient (Wildman–Crippen LogP) is 7.79. The lowest BCUT2D eigenvalue weighted by Gasteiger charge is -2.28. The molecule has 0 saturated heterocycles. The zero-order valence-corrected chi connectivity index (χ0v) is 17.3. The molecule has 1 rings (SSSR count). The molecule has 1 aliphatic rings. The van der Waals surface area contributed by atoms with E-state index in [4.69, 9.17) is 9.47 Å². The number of hydrogen-bond acceptors (Lipinski definition) is 2. The molecule has 152 valence electrons. The maximum Gasteiger partial charge on any atom is 0.0873 e. The van der Waals surface area contributed by atoms with Gasteiger partial charge in [0.05, 0.1) is 25.7 Å². The zero-order valence-electron chi connectivity index (χ0n) is 17.3. The SMILES string of the molecule is C=COCCCCCCCC1CCC(CCCCCCCOC=C)CC1. The van der Waals surface area contributed by atoms with Crippen LogP contribution >= 0.6 is 0 Å². The van der Waals surface area contributed by atoms with E-state index < -0.39 is 0 Å². The Kier molecular flexibility index (Phi) is 15.6. The van der Waals surface area contributed by atoms with E-state index in [0.29, 0.717) is 0 Å². The van der Waals surface area contributed by atoms with Gasteiger partial charge in [-0.3, -0.25) is 0 Å². The van der Waals surface area contributed by atoms with Gasteiger partial charge in [-0.05, 0) is 24.7 Å². The van der Waals surface area contributed by atoms with Gasteiger partial charge in [-0.2, -0.15) is 0 Å². The normalized spacial score (nSPS) is 19.8. The molecule has 0 N–H and O–H groups in total. The molecule has 1 aliphatic carbocycles. The van der Waals surface area contributed by atoms with Crippen LogP contribution < -0.4 is 0 Å². The Morgan fingerprint density at radius 1 is 0.538 bits per heavy atom. The third-order valence-electron chi connectivity index (χ3n) is 5.95. The third kappa shape index (κ3) is 13.3. The van der Waals surface area contributed by atoms with Crippen LogP contribution in [0.5, 0.6) is 0 Å². The summed E-state index contributed by atoms with van der Waals surface area (Å²) in [5, 5.41) is 0. The van der Waals surface area contributed by atoms with Crippen molar-refractivity contribution in [2.24, 2.45) is 11.8 Å². The molecular formula is C24H44O2. The van der Waals surface area contributed by atoms with Crippen molar-refractivity contribution in [2.45, 2.75) is 103 Å². The van der Waals surface area contributed by atoms with E-state index in [1.54, 1.807) is 12.5 Å². The van der Waals surface area contributed by atoms with Gasteiger partial charge in [0, 0.05) is 0 Å². The Labute approximate surface area is 163 Å². The zero-order chi connectivity index (χ0) is 18.7. The van der Waals surface area contributed by atoms with Crippen molar-refractivity contribution in [2.75, 3.05) is 13.2 Å². The average Bonchev–Trinajstić information content (AvgIpc) is 2.67. The average molecular weight is 365 g/mol. The standard InChI is InChI=1S/C24H44O2/c1-3-25-21-13-9-5-7-11-15-23-17-19-24(20-18-23)16-12-8-6-10-14-22-26-4-2/h3-4,23-24H,1-2,5-22H2. The van der Waals surface area contributed by atoms with Crippen molar-refractivity contribution in [1.82, 2.24) is 0 Å². The van der Waals surface area contributed by atoms with E-state index in [9.17, 15) is 0 Å². The van der Waals surface area contributed by atoms with Crippen LogP contribution in [0.1, 0.15) is 103 Å². The number of unbranched alkanes of at least 4 members (excludes halogenated alkanes) is 8. The minimum absolute atomic E-state index is 0.844. The second-order valence-electron chi connectivity index (χ2n) is 8.07. The van der Waals surface area contributed by atoms with Gasteiger partial charge in [-0.1, -0.05) is 103 Å². The molecule has 0 amide bonds. The molecule has 0 aromatic rings. The fourth-order valence-electron chi connectivity index (χ4n) is 4.27. The summed E-state index contributed by atoms with van der Waals surface area (Å²) < 4.78 is 10.3. The van der Waals surface area contributed by atoms with Gasteiger partial charge in [0.15, 0.2) is 0 Å². The quantitative estimate of drug-likeness (QED) is 0.182. The van der Waals surface area contributed by atoms with Gasteiger partial charge in [0.25, 0.3) is 0 Å². The maximum absolute atomic E-state index is 5.16. The Balaban J connectivity index is 1.84. The highest BCUT2D eigenvalue weighted by Gasteiger charge is 2.20. The topological polar surface area (TPSA) is 18.5 Å².